The zero-order valence-corrected chi connectivity index (χ0v) is 21.7. The SMILES string of the molecule is COc1cccc(-c2nn(-c3ccc(CCN4CC5CCC(C4)O5)cc3)c(=O)n2CC(=O)NC(C)C)c1. The van der Waals surface area contributed by atoms with Gasteiger partial charge in [0.25, 0.3) is 0 Å². The maximum absolute atomic E-state index is 13.5. The van der Waals surface area contributed by atoms with E-state index in [1.165, 1.54) is 27.7 Å². The van der Waals surface area contributed by atoms with Crippen LogP contribution in [0.25, 0.3) is 17.1 Å². The van der Waals surface area contributed by atoms with E-state index >= 15 is 0 Å². The van der Waals surface area contributed by atoms with Gasteiger partial charge < -0.3 is 14.8 Å². The number of rotatable bonds is 9. The molecule has 0 saturated carbocycles. The highest BCUT2D eigenvalue weighted by molar-refractivity contribution is 5.76. The standard InChI is InChI=1S/C28H35N5O4/c1-19(2)29-26(34)18-32-27(21-5-4-6-23(15-21)36-3)30-33(28(32)35)22-9-7-20(8-10-22)13-14-31-16-24-11-12-25(17-31)37-24/h4-10,15,19,24-25H,11-14,16-18H2,1-3H3,(H,29,34). The normalized spacial score (nSPS) is 19.4. The maximum Gasteiger partial charge on any atom is 0.351 e. The Bertz CT molecular complexity index is 1280. The molecule has 2 aliphatic heterocycles. The molecule has 9 heteroatoms. The Hall–Kier alpha value is -3.43. The topological polar surface area (TPSA) is 90.6 Å². The van der Waals surface area contributed by atoms with Crippen LogP contribution in [0.3, 0.4) is 0 Å². The first-order valence-corrected chi connectivity index (χ1v) is 13.0. The van der Waals surface area contributed by atoms with Gasteiger partial charge in [0, 0.05) is 31.2 Å². The quantitative estimate of drug-likeness (QED) is 0.481. The largest absolute Gasteiger partial charge is 0.497 e. The molecule has 2 aliphatic rings. The Balaban J connectivity index is 1.37. The van der Waals surface area contributed by atoms with Gasteiger partial charge in [0.05, 0.1) is 25.0 Å². The van der Waals surface area contributed by atoms with Crippen LogP contribution in [-0.4, -0.2) is 70.1 Å². The molecule has 0 aliphatic carbocycles. The van der Waals surface area contributed by atoms with E-state index in [1.807, 2.05) is 62.4 Å². The number of nitrogens with zero attached hydrogens (tertiary/aromatic N) is 4. The molecule has 196 valence electrons. The fourth-order valence-corrected chi connectivity index (χ4v) is 5.17. The number of nitrogens with one attached hydrogen (secondary N) is 1. The molecule has 1 amide bonds. The van der Waals surface area contributed by atoms with Crippen LogP contribution in [0.5, 0.6) is 5.75 Å². The summed E-state index contributed by atoms with van der Waals surface area (Å²) in [6, 6.07) is 15.2. The molecule has 37 heavy (non-hydrogen) atoms. The Morgan fingerprint density at radius 1 is 1.14 bits per heavy atom. The zero-order chi connectivity index (χ0) is 25.9. The lowest BCUT2D eigenvalue weighted by molar-refractivity contribution is -0.122. The summed E-state index contributed by atoms with van der Waals surface area (Å²) in [7, 11) is 1.59. The Labute approximate surface area is 217 Å². The predicted molar refractivity (Wildman–Crippen MR) is 141 cm³/mol. The molecule has 2 atom stereocenters. The number of benzene rings is 2. The molecule has 2 bridgehead atoms. The lowest BCUT2D eigenvalue weighted by atomic mass is 10.1. The van der Waals surface area contributed by atoms with Crippen molar-refractivity contribution in [2.45, 2.75) is 57.9 Å². The summed E-state index contributed by atoms with van der Waals surface area (Å²) in [6.07, 6.45) is 4.07. The maximum atomic E-state index is 13.5. The summed E-state index contributed by atoms with van der Waals surface area (Å²) in [6.45, 7) is 6.67. The van der Waals surface area contributed by atoms with Crippen molar-refractivity contribution in [1.82, 2.24) is 24.6 Å². The first-order chi connectivity index (χ1) is 17.9. The average molecular weight is 506 g/mol. The minimum atomic E-state index is -0.367. The third-order valence-electron chi connectivity index (χ3n) is 6.96. The van der Waals surface area contributed by atoms with Crippen molar-refractivity contribution < 1.29 is 14.3 Å². The van der Waals surface area contributed by atoms with Crippen molar-refractivity contribution in [3.63, 3.8) is 0 Å². The number of carbonyl (C=O) groups excluding carboxylic acids is 1. The van der Waals surface area contributed by atoms with Crippen LogP contribution in [0.1, 0.15) is 32.3 Å². The molecule has 2 unspecified atom stereocenters. The minimum Gasteiger partial charge on any atom is -0.497 e. The molecule has 1 N–H and O–H groups in total. The summed E-state index contributed by atoms with van der Waals surface area (Å²) < 4.78 is 14.1. The predicted octanol–water partition coefficient (Wildman–Crippen LogP) is 2.64. The van der Waals surface area contributed by atoms with Gasteiger partial charge in [-0.05, 0) is 62.9 Å². The van der Waals surface area contributed by atoms with Crippen LogP contribution in [-0.2, 0) is 22.5 Å². The number of hydrogen-bond acceptors (Lipinski definition) is 6. The second kappa shape index (κ2) is 10.9. The number of carbonyl (C=O) groups is 1. The van der Waals surface area contributed by atoms with Crippen molar-refractivity contribution in [2.75, 3.05) is 26.7 Å². The molecule has 5 rings (SSSR count). The van der Waals surface area contributed by atoms with Crippen molar-refractivity contribution in [3.05, 3.63) is 64.6 Å². The van der Waals surface area contributed by atoms with Gasteiger partial charge in [-0.25, -0.2) is 4.79 Å². The minimum absolute atomic E-state index is 0.0290. The highest BCUT2D eigenvalue weighted by atomic mass is 16.5. The van der Waals surface area contributed by atoms with Crippen LogP contribution in [0, 0.1) is 0 Å². The molecule has 3 aromatic rings. The van der Waals surface area contributed by atoms with Gasteiger partial charge in [0.15, 0.2) is 5.82 Å². The summed E-state index contributed by atoms with van der Waals surface area (Å²) >= 11 is 0. The molecule has 1 aromatic heterocycles. The van der Waals surface area contributed by atoms with Crippen LogP contribution in [0.2, 0.25) is 0 Å². The van der Waals surface area contributed by atoms with Gasteiger partial charge >= 0.3 is 5.69 Å². The van der Waals surface area contributed by atoms with Crippen LogP contribution in [0.15, 0.2) is 53.3 Å². The van der Waals surface area contributed by atoms with Crippen molar-refractivity contribution in [2.24, 2.45) is 0 Å². The molecule has 2 fully saturated rings. The van der Waals surface area contributed by atoms with Gasteiger partial charge in [0.2, 0.25) is 5.91 Å². The molecular weight excluding hydrogens is 470 g/mol. The third kappa shape index (κ3) is 5.78. The van der Waals surface area contributed by atoms with E-state index in [9.17, 15) is 9.59 Å². The Morgan fingerprint density at radius 3 is 2.54 bits per heavy atom. The van der Waals surface area contributed by atoms with E-state index in [4.69, 9.17) is 9.47 Å². The van der Waals surface area contributed by atoms with E-state index < -0.39 is 0 Å². The fraction of sp³-hybridized carbons (Fsp3) is 0.464. The van der Waals surface area contributed by atoms with Crippen molar-refractivity contribution >= 4 is 5.91 Å². The van der Waals surface area contributed by atoms with Crippen LogP contribution < -0.4 is 15.7 Å². The van der Waals surface area contributed by atoms with Crippen molar-refractivity contribution in [1.29, 1.82) is 0 Å². The third-order valence-corrected chi connectivity index (χ3v) is 6.96. The van der Waals surface area contributed by atoms with Gasteiger partial charge in [-0.1, -0.05) is 24.3 Å². The molecule has 0 radical (unpaired) electrons. The number of aromatic nitrogens is 3. The van der Waals surface area contributed by atoms with E-state index in [1.54, 1.807) is 7.11 Å². The highest BCUT2D eigenvalue weighted by Crippen LogP contribution is 2.26. The number of fused-ring (bicyclic) bond motifs is 2. The smallest absolute Gasteiger partial charge is 0.351 e. The summed E-state index contributed by atoms with van der Waals surface area (Å²) in [5.74, 6) is 0.817. The first-order valence-electron chi connectivity index (χ1n) is 13.0. The van der Waals surface area contributed by atoms with Crippen LogP contribution in [0.4, 0.5) is 0 Å². The van der Waals surface area contributed by atoms with E-state index in [0.717, 1.165) is 26.1 Å². The summed E-state index contributed by atoms with van der Waals surface area (Å²) in [4.78, 5) is 28.5. The second-order valence-electron chi connectivity index (χ2n) is 10.2. The highest BCUT2D eigenvalue weighted by Gasteiger charge is 2.33. The van der Waals surface area contributed by atoms with Gasteiger partial charge in [0.1, 0.15) is 12.3 Å². The second-order valence-corrected chi connectivity index (χ2v) is 10.2. The summed E-state index contributed by atoms with van der Waals surface area (Å²) in [5, 5.41) is 7.49. The molecule has 3 heterocycles. The monoisotopic (exact) mass is 505 g/mol. The Morgan fingerprint density at radius 2 is 1.86 bits per heavy atom. The first kappa shape index (κ1) is 25.2. The van der Waals surface area contributed by atoms with E-state index in [0.29, 0.717) is 35.0 Å². The van der Waals surface area contributed by atoms with Gasteiger partial charge in [-0.3, -0.25) is 14.3 Å². The molecule has 2 aromatic carbocycles. The average Bonchev–Trinajstić information content (AvgIpc) is 3.40. The number of methoxy groups -OCH3 is 1. The van der Waals surface area contributed by atoms with E-state index in [2.05, 4.69) is 15.3 Å². The van der Waals surface area contributed by atoms with Crippen LogP contribution >= 0.6 is 0 Å². The zero-order valence-electron chi connectivity index (χ0n) is 21.7. The Kier molecular flexibility index (Phi) is 7.43. The summed E-state index contributed by atoms with van der Waals surface area (Å²) in [5.41, 5.74) is 2.20. The number of amides is 1. The molecule has 2 saturated heterocycles. The van der Waals surface area contributed by atoms with Gasteiger partial charge in [-0.15, -0.1) is 5.10 Å². The molecular formula is C28H35N5O4. The number of likely N-dealkylation sites (tertiary alicyclic amines) is 1. The number of morpholine rings is 1. The van der Waals surface area contributed by atoms with Crippen molar-refractivity contribution in [3.8, 4) is 22.8 Å². The molecule has 9 nitrogen and oxygen atoms in total. The number of ether oxygens (including phenoxy) is 2. The van der Waals surface area contributed by atoms with Gasteiger partial charge in [-0.2, -0.15) is 4.68 Å². The fourth-order valence-electron chi connectivity index (χ4n) is 5.17. The lowest BCUT2D eigenvalue weighted by Gasteiger charge is -2.32. The lowest BCUT2D eigenvalue weighted by Crippen LogP contribution is -2.43. The van der Waals surface area contributed by atoms with E-state index in [-0.39, 0.29) is 24.2 Å². The number of hydrogen-bond donors (Lipinski definition) is 1. The molecule has 0 spiro atoms.